The Labute approximate surface area is 204 Å². The molecule has 0 atom stereocenters. The zero-order valence-corrected chi connectivity index (χ0v) is 20.5. The number of aromatic amines is 1. The molecule has 0 aliphatic carbocycles. The number of pyridine rings is 1. The van der Waals surface area contributed by atoms with Gasteiger partial charge in [-0.25, -0.2) is 9.36 Å². The van der Waals surface area contributed by atoms with E-state index in [-0.39, 0.29) is 0 Å². The number of aromatic nitrogens is 4. The Kier molecular flexibility index (Phi) is 12.2. The fourth-order valence-electron chi connectivity index (χ4n) is 3.11. The minimum Gasteiger partial charge on any atom is -0.365 e. The molecule has 0 unspecified atom stereocenters. The molecule has 3 heterocycles. The highest BCUT2D eigenvalue weighted by atomic mass is 32.1. The van der Waals surface area contributed by atoms with Gasteiger partial charge in [-0.05, 0) is 62.1 Å². The first kappa shape index (κ1) is 26.8. The van der Waals surface area contributed by atoms with Gasteiger partial charge in [-0.1, -0.05) is 25.0 Å². The van der Waals surface area contributed by atoms with Gasteiger partial charge in [0.25, 0.3) is 5.91 Å². The average molecular weight is 481 g/mol. The lowest BCUT2D eigenvalue weighted by molar-refractivity contribution is -0.107. The highest BCUT2D eigenvalue weighted by molar-refractivity contribution is 7.08. The molecule has 4 aromatic rings. The number of carbonyl (C=O) groups is 2. The zero-order valence-electron chi connectivity index (χ0n) is 19.7. The lowest BCUT2D eigenvalue weighted by atomic mass is 10.1. The number of unbranched alkanes of at least 4 members (excludes halogenated alkanes) is 4. The van der Waals surface area contributed by atoms with Gasteiger partial charge in [0.15, 0.2) is 0 Å². The third kappa shape index (κ3) is 9.21. The minimum absolute atomic E-state index is 0.410. The maximum absolute atomic E-state index is 10.3. The van der Waals surface area contributed by atoms with Gasteiger partial charge in [-0.15, -0.1) is 0 Å². The van der Waals surface area contributed by atoms with Gasteiger partial charge >= 0.3 is 0 Å². The summed E-state index contributed by atoms with van der Waals surface area (Å²) in [6.07, 6.45) is 14.1. The first-order valence-electron chi connectivity index (χ1n) is 11.2. The van der Waals surface area contributed by atoms with Crippen LogP contribution in [0.1, 0.15) is 47.6 Å². The smallest absolute Gasteiger partial charge is 0.260 e. The topological polar surface area (TPSA) is 127 Å². The second-order valence-electron chi connectivity index (χ2n) is 7.54. The molecule has 0 fully saturated rings. The Morgan fingerprint density at radius 2 is 1.85 bits per heavy atom. The molecule has 1 amide bonds. The fraction of sp³-hybridized carbons (Fsp3) is 0.320. The number of nitrogens with zero attached hydrogens (tertiary/aromatic N) is 3. The molecule has 0 spiro atoms. The summed E-state index contributed by atoms with van der Waals surface area (Å²) in [6.45, 7) is 0. The first-order chi connectivity index (χ1) is 16.6. The van der Waals surface area contributed by atoms with E-state index in [1.54, 1.807) is 12.3 Å². The number of imidazole rings is 1. The maximum Gasteiger partial charge on any atom is 0.260 e. The molecule has 0 saturated carbocycles. The van der Waals surface area contributed by atoms with Crippen molar-refractivity contribution in [2.24, 2.45) is 5.73 Å². The summed E-state index contributed by atoms with van der Waals surface area (Å²) >= 11 is 1.11. The van der Waals surface area contributed by atoms with E-state index in [2.05, 4.69) is 42.8 Å². The lowest BCUT2D eigenvalue weighted by Gasteiger charge is -2.01. The Bertz CT molecular complexity index is 1130. The van der Waals surface area contributed by atoms with E-state index >= 15 is 0 Å². The standard InChI is InChI=1S/C19H21N3O.C4H4N2OS.C2H7N/c23-11-5-3-1-2-4-6-19-21-14-18(22-19)16-8-7-15-9-10-20-13-17(15)12-16;5-4(7)3-1-2-6-8-3;1-3-2/h7-14H,1-6H2,(H,21,22);1-2H,(H2,5,7);3H,1-2H3. The van der Waals surface area contributed by atoms with Crippen LogP contribution in [0.5, 0.6) is 0 Å². The van der Waals surface area contributed by atoms with Crippen molar-refractivity contribution in [3.8, 4) is 11.3 Å². The number of nitrogens with one attached hydrogen (secondary N) is 2. The number of carbonyl (C=O) groups excluding carboxylic acids is 2. The Morgan fingerprint density at radius 3 is 2.53 bits per heavy atom. The van der Waals surface area contributed by atoms with Crippen molar-refractivity contribution in [2.75, 3.05) is 14.1 Å². The van der Waals surface area contributed by atoms with E-state index in [0.29, 0.717) is 11.3 Å². The summed E-state index contributed by atoms with van der Waals surface area (Å²) in [7, 11) is 3.75. The van der Waals surface area contributed by atoms with Crippen molar-refractivity contribution < 1.29 is 9.59 Å². The van der Waals surface area contributed by atoms with Crippen LogP contribution >= 0.6 is 11.5 Å². The van der Waals surface area contributed by atoms with Crippen molar-refractivity contribution in [2.45, 2.75) is 38.5 Å². The fourth-order valence-corrected chi connectivity index (χ4v) is 3.55. The van der Waals surface area contributed by atoms with Crippen LogP contribution in [0.15, 0.2) is 55.1 Å². The molecule has 34 heavy (non-hydrogen) atoms. The quantitative estimate of drug-likeness (QED) is 0.241. The molecule has 0 bridgehead atoms. The van der Waals surface area contributed by atoms with Crippen LogP contribution in [0.2, 0.25) is 0 Å². The highest BCUT2D eigenvalue weighted by Gasteiger charge is 2.04. The van der Waals surface area contributed by atoms with Crippen LogP contribution in [0.4, 0.5) is 0 Å². The number of fused-ring (bicyclic) bond motifs is 1. The summed E-state index contributed by atoms with van der Waals surface area (Å²) in [4.78, 5) is 33.1. The number of H-pyrrole nitrogens is 1. The molecule has 0 aliphatic heterocycles. The monoisotopic (exact) mass is 480 g/mol. The molecule has 180 valence electrons. The van der Waals surface area contributed by atoms with Crippen molar-refractivity contribution in [3.63, 3.8) is 0 Å². The molecule has 0 aliphatic rings. The van der Waals surface area contributed by atoms with Crippen LogP contribution in [-0.2, 0) is 11.2 Å². The molecule has 8 nitrogen and oxygen atoms in total. The lowest BCUT2D eigenvalue weighted by Crippen LogP contribution is -2.07. The third-order valence-corrected chi connectivity index (χ3v) is 5.51. The van der Waals surface area contributed by atoms with Gasteiger partial charge < -0.3 is 20.8 Å². The van der Waals surface area contributed by atoms with E-state index in [4.69, 9.17) is 5.73 Å². The predicted molar refractivity (Wildman–Crippen MR) is 138 cm³/mol. The van der Waals surface area contributed by atoms with Crippen molar-refractivity contribution in [1.29, 1.82) is 0 Å². The van der Waals surface area contributed by atoms with Crippen molar-refractivity contribution >= 4 is 34.5 Å². The summed E-state index contributed by atoms with van der Waals surface area (Å²) in [6, 6.07) is 9.97. The normalized spacial score (nSPS) is 10.1. The van der Waals surface area contributed by atoms with Crippen LogP contribution < -0.4 is 11.1 Å². The molecular formula is C25H32N6O2S. The van der Waals surface area contributed by atoms with Crippen LogP contribution in [0.25, 0.3) is 22.0 Å². The van der Waals surface area contributed by atoms with E-state index in [1.807, 2.05) is 38.8 Å². The average Bonchev–Trinajstić information content (AvgIpc) is 3.55. The number of aldehydes is 1. The van der Waals surface area contributed by atoms with Crippen LogP contribution in [-0.4, -0.2) is 45.6 Å². The Hall–Kier alpha value is -3.43. The van der Waals surface area contributed by atoms with Gasteiger partial charge in [0, 0.05) is 42.4 Å². The number of benzene rings is 1. The van der Waals surface area contributed by atoms with Gasteiger partial charge in [-0.2, -0.15) is 0 Å². The highest BCUT2D eigenvalue weighted by Crippen LogP contribution is 2.23. The van der Waals surface area contributed by atoms with Crippen molar-refractivity contribution in [3.05, 3.63) is 65.8 Å². The zero-order chi connectivity index (χ0) is 24.6. The summed E-state index contributed by atoms with van der Waals surface area (Å²) in [5.74, 6) is 0.620. The summed E-state index contributed by atoms with van der Waals surface area (Å²) < 4.78 is 3.68. The number of aryl methyl sites for hydroxylation is 1. The third-order valence-electron chi connectivity index (χ3n) is 4.75. The van der Waals surface area contributed by atoms with Crippen LogP contribution in [0.3, 0.4) is 0 Å². The molecule has 9 heteroatoms. The molecular weight excluding hydrogens is 448 g/mol. The predicted octanol–water partition coefficient (Wildman–Crippen LogP) is 4.39. The second kappa shape index (κ2) is 15.4. The number of amides is 1. The number of hydrogen-bond donors (Lipinski definition) is 3. The SMILES string of the molecule is CNC.NC(=O)c1ccns1.O=CCCCCCCc1ncc(-c2ccc3ccncc3c2)[nH]1. The van der Waals surface area contributed by atoms with Gasteiger partial charge in [0.2, 0.25) is 0 Å². The van der Waals surface area contributed by atoms with E-state index in [9.17, 15) is 9.59 Å². The number of rotatable bonds is 9. The van der Waals surface area contributed by atoms with E-state index in [0.717, 1.165) is 72.4 Å². The summed E-state index contributed by atoms with van der Waals surface area (Å²) in [5.41, 5.74) is 7.07. The van der Waals surface area contributed by atoms with E-state index < -0.39 is 5.91 Å². The minimum atomic E-state index is -0.410. The molecule has 4 N–H and O–H groups in total. The molecule has 3 aromatic heterocycles. The first-order valence-corrected chi connectivity index (χ1v) is 12.0. The Morgan fingerprint density at radius 1 is 1.06 bits per heavy atom. The van der Waals surface area contributed by atoms with Gasteiger partial charge in [0.05, 0.1) is 11.9 Å². The molecule has 0 radical (unpaired) electrons. The molecule has 1 aromatic carbocycles. The van der Waals surface area contributed by atoms with Crippen LogP contribution in [0, 0.1) is 0 Å². The number of hydrogen-bond acceptors (Lipinski definition) is 7. The number of primary amides is 1. The largest absolute Gasteiger partial charge is 0.365 e. The second-order valence-corrected chi connectivity index (χ2v) is 8.37. The Balaban J connectivity index is 0.000000309. The van der Waals surface area contributed by atoms with Crippen molar-refractivity contribution in [1.82, 2.24) is 24.6 Å². The van der Waals surface area contributed by atoms with E-state index in [1.165, 1.54) is 5.39 Å². The molecule has 0 saturated heterocycles. The maximum atomic E-state index is 10.3. The van der Waals surface area contributed by atoms with Gasteiger partial charge in [-0.3, -0.25) is 9.78 Å². The summed E-state index contributed by atoms with van der Waals surface area (Å²) in [5, 5.41) is 5.08. The van der Waals surface area contributed by atoms with Gasteiger partial charge in [0.1, 0.15) is 17.0 Å². The number of nitrogens with two attached hydrogens (primary N) is 1. The molecule has 4 rings (SSSR count).